The fourth-order valence-electron chi connectivity index (χ4n) is 12.1. The number of aliphatic imine (C=N–C) groups is 1. The van der Waals surface area contributed by atoms with E-state index in [0.29, 0.717) is 11.8 Å². The van der Waals surface area contributed by atoms with Crippen LogP contribution in [0.15, 0.2) is 166 Å². The normalized spacial score (nSPS) is 26.0. The lowest BCUT2D eigenvalue weighted by Crippen LogP contribution is -2.46. The monoisotopic (exact) mass is 798 g/mol. The van der Waals surface area contributed by atoms with Gasteiger partial charge in [0.05, 0.1) is 11.0 Å². The zero-order valence-electron chi connectivity index (χ0n) is 35.8. The lowest BCUT2D eigenvalue weighted by molar-refractivity contribution is 0.257. The number of hydrogen-bond donors (Lipinski definition) is 1. The Kier molecular flexibility index (Phi) is 8.35. The van der Waals surface area contributed by atoms with Crippen LogP contribution in [0.2, 0.25) is 0 Å². The van der Waals surface area contributed by atoms with Gasteiger partial charge in [0.25, 0.3) is 0 Å². The van der Waals surface area contributed by atoms with Crippen molar-refractivity contribution in [3.05, 3.63) is 173 Å². The molecule has 0 amide bonds. The van der Waals surface area contributed by atoms with Crippen molar-refractivity contribution in [2.24, 2.45) is 22.2 Å². The quantitative estimate of drug-likeness (QED) is 0.176. The summed E-state index contributed by atoms with van der Waals surface area (Å²) in [6.07, 6.45) is 20.6. The molecule has 1 aliphatic heterocycles. The molecule has 5 nitrogen and oxygen atoms in total. The lowest BCUT2D eigenvalue weighted by atomic mass is 9.71. The van der Waals surface area contributed by atoms with Gasteiger partial charge in [-0.2, -0.15) is 0 Å². The van der Waals surface area contributed by atoms with Crippen molar-refractivity contribution in [1.82, 2.24) is 14.8 Å². The van der Waals surface area contributed by atoms with Crippen molar-refractivity contribution in [2.45, 2.75) is 83.5 Å². The van der Waals surface area contributed by atoms with Gasteiger partial charge in [0, 0.05) is 62.8 Å². The summed E-state index contributed by atoms with van der Waals surface area (Å²) in [5.41, 5.74) is 13.9. The van der Waals surface area contributed by atoms with Crippen LogP contribution in [0.25, 0.3) is 49.4 Å². The largest absolute Gasteiger partial charge is 0.456 e. The first-order valence-electron chi connectivity index (χ1n) is 22.7. The van der Waals surface area contributed by atoms with Crippen LogP contribution in [0, 0.1) is 17.3 Å². The molecule has 0 saturated carbocycles. The van der Waals surface area contributed by atoms with E-state index >= 15 is 0 Å². The summed E-state index contributed by atoms with van der Waals surface area (Å²) in [6, 6.07) is 40.0. The molecule has 0 bridgehead atoms. The van der Waals surface area contributed by atoms with E-state index < -0.39 is 0 Å². The smallest absolute Gasteiger partial charge is 0.137 e. The van der Waals surface area contributed by atoms with E-state index in [-0.39, 0.29) is 23.2 Å². The molecule has 5 heteroatoms. The highest BCUT2D eigenvalue weighted by molar-refractivity contribution is 6.11. The third kappa shape index (κ3) is 5.66. The van der Waals surface area contributed by atoms with Crippen molar-refractivity contribution in [3.8, 4) is 5.69 Å². The summed E-state index contributed by atoms with van der Waals surface area (Å²) in [5.74, 6) is 1.98. The number of nitrogens with one attached hydrogen (secondary N) is 1. The molecule has 5 atom stereocenters. The van der Waals surface area contributed by atoms with Gasteiger partial charge in [-0.15, -0.1) is 0 Å². The molecule has 1 N–H and O–H groups in total. The third-order valence-electron chi connectivity index (χ3n) is 15.4. The number of para-hydroxylation sites is 1. The van der Waals surface area contributed by atoms with Crippen LogP contribution in [0.5, 0.6) is 0 Å². The van der Waals surface area contributed by atoms with Crippen molar-refractivity contribution < 1.29 is 4.42 Å². The summed E-state index contributed by atoms with van der Waals surface area (Å²) in [4.78, 5) is 7.99. The molecule has 12 rings (SSSR count). The number of rotatable bonds is 5. The minimum atomic E-state index is -0.289. The number of hydrogen-bond acceptors (Lipinski definition) is 4. The van der Waals surface area contributed by atoms with E-state index in [1.165, 1.54) is 83.5 Å². The summed E-state index contributed by atoms with van der Waals surface area (Å²) >= 11 is 0. The minimum Gasteiger partial charge on any atom is -0.456 e. The number of benzene rings is 5. The third-order valence-corrected chi connectivity index (χ3v) is 15.4. The molecule has 304 valence electrons. The highest BCUT2D eigenvalue weighted by atomic mass is 16.3. The molecule has 0 radical (unpaired) electrons. The topological polar surface area (TPSA) is 45.7 Å². The predicted molar refractivity (Wildman–Crippen MR) is 252 cm³/mol. The Bertz CT molecular complexity index is 3080. The SMILES string of the molecule is CN1C(C2=CC3C(C=C2)C2=C(CCCC2)C3(C)C)=NC(c2cccc3oc4cc(-n5c6ccccc6c6cc(C7(C)C=CCCC7)ccc65)ccc4c23)NC1c1ccccc1. The van der Waals surface area contributed by atoms with Gasteiger partial charge < -0.3 is 13.9 Å². The highest BCUT2D eigenvalue weighted by Crippen LogP contribution is 2.58. The van der Waals surface area contributed by atoms with Crippen molar-refractivity contribution in [3.63, 3.8) is 0 Å². The Morgan fingerprint density at radius 3 is 2.48 bits per heavy atom. The summed E-state index contributed by atoms with van der Waals surface area (Å²) in [7, 11) is 2.20. The van der Waals surface area contributed by atoms with Crippen molar-refractivity contribution in [2.75, 3.05) is 7.05 Å². The van der Waals surface area contributed by atoms with E-state index in [4.69, 9.17) is 9.41 Å². The van der Waals surface area contributed by atoms with Crippen LogP contribution in [-0.4, -0.2) is 22.4 Å². The van der Waals surface area contributed by atoms with E-state index in [9.17, 15) is 0 Å². The van der Waals surface area contributed by atoms with E-state index in [2.05, 4.69) is 182 Å². The maximum absolute atomic E-state index is 6.82. The van der Waals surface area contributed by atoms with Gasteiger partial charge in [0.15, 0.2) is 0 Å². The highest BCUT2D eigenvalue weighted by Gasteiger charge is 2.47. The maximum Gasteiger partial charge on any atom is 0.137 e. The summed E-state index contributed by atoms with van der Waals surface area (Å²) in [6.45, 7) is 7.36. The molecule has 5 aromatic carbocycles. The standard InChI is InChI=1S/C56H54N4O/c1-55(2)45-21-11-9-18-39(45)40-27-24-36(32-46(40)55)54-58-52(57-53(59(54)4)35-16-7-5-8-17-35)43-20-15-23-49-51(43)42-28-26-38(34-50(42)61-49)60-47-22-12-10-19-41(47)44-33-37(25-29-48(44)60)56(3)30-13-6-14-31-56/h5,7-8,10,12-13,15-17,19-20,22-30,32-34,40,46,52-53,57H,6,9,11,14,18,21,31H2,1-4H3. The van der Waals surface area contributed by atoms with E-state index in [1.54, 1.807) is 11.1 Å². The summed E-state index contributed by atoms with van der Waals surface area (Å²) in [5, 5.41) is 8.77. The van der Waals surface area contributed by atoms with Crippen LogP contribution >= 0.6 is 0 Å². The molecular formula is C56H54N4O. The number of allylic oxidation sites excluding steroid dienone is 6. The number of likely N-dealkylation sites (N-methyl/N-ethyl adjacent to an activating group) is 1. The molecular weight excluding hydrogens is 745 g/mol. The van der Waals surface area contributed by atoms with Crippen LogP contribution in [0.4, 0.5) is 0 Å². The number of aromatic nitrogens is 1. The Labute approximate surface area is 358 Å². The van der Waals surface area contributed by atoms with Crippen molar-refractivity contribution in [1.29, 1.82) is 0 Å². The van der Waals surface area contributed by atoms with Crippen LogP contribution in [0.1, 0.15) is 94.7 Å². The Hall–Kier alpha value is -5.91. The molecule has 0 fully saturated rings. The zero-order valence-corrected chi connectivity index (χ0v) is 35.8. The predicted octanol–water partition coefficient (Wildman–Crippen LogP) is 14.0. The molecule has 4 aliphatic carbocycles. The fraction of sp³-hybridized carbons (Fsp3) is 0.304. The van der Waals surface area contributed by atoms with Crippen molar-refractivity contribution >= 4 is 49.6 Å². The fourth-order valence-corrected chi connectivity index (χ4v) is 12.1. The molecule has 7 aromatic rings. The second-order valence-electron chi connectivity index (χ2n) is 19.2. The second-order valence-corrected chi connectivity index (χ2v) is 19.2. The van der Waals surface area contributed by atoms with E-state index in [0.717, 1.165) is 39.0 Å². The van der Waals surface area contributed by atoms with Gasteiger partial charge in [0.2, 0.25) is 0 Å². The first kappa shape index (κ1) is 36.9. The molecule has 0 spiro atoms. The molecule has 2 aromatic heterocycles. The molecule has 61 heavy (non-hydrogen) atoms. The van der Waals surface area contributed by atoms with Crippen LogP contribution in [-0.2, 0) is 5.41 Å². The Morgan fingerprint density at radius 2 is 1.61 bits per heavy atom. The molecule has 5 unspecified atom stereocenters. The van der Waals surface area contributed by atoms with Crippen LogP contribution in [0.3, 0.4) is 0 Å². The molecule has 0 saturated heterocycles. The second kappa shape index (κ2) is 13.8. The van der Waals surface area contributed by atoms with Gasteiger partial charge >= 0.3 is 0 Å². The molecule has 5 aliphatic rings. The number of fused-ring (bicyclic) bond motifs is 8. The number of amidine groups is 1. The van der Waals surface area contributed by atoms with Gasteiger partial charge in [-0.25, -0.2) is 4.99 Å². The van der Waals surface area contributed by atoms with Gasteiger partial charge in [-0.05, 0) is 104 Å². The summed E-state index contributed by atoms with van der Waals surface area (Å²) < 4.78 is 9.23. The average Bonchev–Trinajstić information content (AvgIpc) is 3.91. The number of furan rings is 1. The minimum absolute atomic E-state index is 0.0615. The first-order valence-corrected chi connectivity index (χ1v) is 22.7. The maximum atomic E-state index is 6.82. The first-order chi connectivity index (χ1) is 29.8. The number of nitrogens with zero attached hydrogens (tertiary/aromatic N) is 3. The molecule has 3 heterocycles. The van der Waals surface area contributed by atoms with Gasteiger partial charge in [-0.3, -0.25) is 5.32 Å². The van der Waals surface area contributed by atoms with Gasteiger partial charge in [0.1, 0.15) is 29.3 Å². The Morgan fingerprint density at radius 1 is 0.770 bits per heavy atom. The van der Waals surface area contributed by atoms with E-state index in [1.807, 2.05) is 0 Å². The Balaban J connectivity index is 0.970. The lowest BCUT2D eigenvalue weighted by Gasteiger charge is -2.41. The zero-order chi connectivity index (χ0) is 41.0. The average molecular weight is 799 g/mol. The van der Waals surface area contributed by atoms with Gasteiger partial charge in [-0.1, -0.05) is 129 Å². The van der Waals surface area contributed by atoms with Crippen LogP contribution < -0.4 is 5.32 Å².